The Morgan fingerprint density at radius 3 is 1.60 bits per heavy atom. The quantitative estimate of drug-likeness (QED) is 0.563. The second-order valence-electron chi connectivity index (χ2n) is 1.89. The highest BCUT2D eigenvalue weighted by Gasteiger charge is 2.04. The first-order chi connectivity index (χ1) is 4.52. The molecule has 56 valence electrons. The standard InChI is InChI=1S/C6H8O4/c1-4(2-5(7)8)3-6(9)10/h1-3H2,(H,7,8)(H,9,10). The third-order valence-electron chi connectivity index (χ3n) is 0.802. The van der Waals surface area contributed by atoms with Crippen LogP contribution in [0.4, 0.5) is 0 Å². The molecule has 0 aromatic rings. The van der Waals surface area contributed by atoms with Gasteiger partial charge in [0.15, 0.2) is 0 Å². The molecule has 0 saturated carbocycles. The molecule has 0 heterocycles. The summed E-state index contributed by atoms with van der Waals surface area (Å²) in [5, 5.41) is 16.3. The highest BCUT2D eigenvalue weighted by atomic mass is 16.4. The number of carbonyl (C=O) groups is 2. The number of rotatable bonds is 4. The van der Waals surface area contributed by atoms with E-state index < -0.39 is 11.9 Å². The fourth-order valence-corrected chi connectivity index (χ4v) is 0.490. The van der Waals surface area contributed by atoms with E-state index >= 15 is 0 Å². The number of hydrogen-bond donors (Lipinski definition) is 2. The highest BCUT2D eigenvalue weighted by molar-refractivity contribution is 5.75. The van der Waals surface area contributed by atoms with Crippen LogP contribution in [0.15, 0.2) is 12.2 Å². The zero-order chi connectivity index (χ0) is 8.15. The molecule has 0 bridgehead atoms. The molecule has 0 aliphatic heterocycles. The lowest BCUT2D eigenvalue weighted by Gasteiger charge is -1.95. The maximum absolute atomic E-state index is 9.94. The van der Waals surface area contributed by atoms with Gasteiger partial charge < -0.3 is 10.2 Å². The zero-order valence-corrected chi connectivity index (χ0v) is 5.33. The van der Waals surface area contributed by atoms with Gasteiger partial charge >= 0.3 is 11.9 Å². The largest absolute Gasteiger partial charge is 0.481 e. The van der Waals surface area contributed by atoms with Crippen LogP contribution < -0.4 is 0 Å². The second kappa shape index (κ2) is 3.66. The average molecular weight is 144 g/mol. The first-order valence-corrected chi connectivity index (χ1v) is 2.62. The van der Waals surface area contributed by atoms with Crippen molar-refractivity contribution < 1.29 is 19.8 Å². The summed E-state index contributed by atoms with van der Waals surface area (Å²) in [4.78, 5) is 19.9. The summed E-state index contributed by atoms with van der Waals surface area (Å²) in [5.41, 5.74) is 0.208. The van der Waals surface area contributed by atoms with E-state index in [-0.39, 0.29) is 18.4 Å². The molecule has 0 radical (unpaired) electrons. The van der Waals surface area contributed by atoms with Crippen LogP contribution in [0, 0.1) is 0 Å². The first-order valence-electron chi connectivity index (χ1n) is 2.62. The fraction of sp³-hybridized carbons (Fsp3) is 0.333. The molecule has 0 rings (SSSR count). The molecule has 0 saturated heterocycles. The van der Waals surface area contributed by atoms with E-state index in [1.165, 1.54) is 0 Å². The van der Waals surface area contributed by atoms with Crippen molar-refractivity contribution in [1.29, 1.82) is 0 Å². The number of carboxylic acid groups (broad SMARTS) is 2. The average Bonchev–Trinajstić information content (AvgIpc) is 1.58. The topological polar surface area (TPSA) is 74.6 Å². The Labute approximate surface area is 57.8 Å². The molecule has 0 unspecified atom stereocenters. The lowest BCUT2D eigenvalue weighted by molar-refractivity contribution is -0.136. The molecule has 2 N–H and O–H groups in total. The third kappa shape index (κ3) is 4.83. The van der Waals surface area contributed by atoms with E-state index in [1.807, 2.05) is 0 Å². The van der Waals surface area contributed by atoms with Crippen molar-refractivity contribution in [3.63, 3.8) is 0 Å². The molecule has 4 heteroatoms. The molecule has 0 aliphatic rings. The summed E-state index contributed by atoms with van der Waals surface area (Å²) >= 11 is 0. The van der Waals surface area contributed by atoms with E-state index in [9.17, 15) is 9.59 Å². The van der Waals surface area contributed by atoms with Gasteiger partial charge in [0.2, 0.25) is 0 Å². The molecule has 0 aromatic carbocycles. The molecular weight excluding hydrogens is 136 g/mol. The molecule has 0 atom stereocenters. The summed E-state index contributed by atoms with van der Waals surface area (Å²) in [6, 6.07) is 0. The van der Waals surface area contributed by atoms with Crippen molar-refractivity contribution in [3.8, 4) is 0 Å². The summed E-state index contributed by atoms with van der Waals surface area (Å²) in [7, 11) is 0. The highest BCUT2D eigenvalue weighted by Crippen LogP contribution is 2.02. The predicted molar refractivity (Wildman–Crippen MR) is 33.6 cm³/mol. The summed E-state index contributed by atoms with van der Waals surface area (Å²) in [5.74, 6) is -2.10. The monoisotopic (exact) mass is 144 g/mol. The minimum atomic E-state index is -1.05. The summed E-state index contributed by atoms with van der Waals surface area (Å²) in [6.45, 7) is 3.27. The zero-order valence-electron chi connectivity index (χ0n) is 5.33. The van der Waals surface area contributed by atoms with Crippen LogP contribution in [0.2, 0.25) is 0 Å². The number of aliphatic carboxylic acids is 2. The van der Waals surface area contributed by atoms with Crippen molar-refractivity contribution >= 4 is 11.9 Å². The maximum Gasteiger partial charge on any atom is 0.307 e. The van der Waals surface area contributed by atoms with Gasteiger partial charge in [0.25, 0.3) is 0 Å². The van der Waals surface area contributed by atoms with Crippen LogP contribution >= 0.6 is 0 Å². The smallest absolute Gasteiger partial charge is 0.307 e. The fourth-order valence-electron chi connectivity index (χ4n) is 0.490. The molecule has 0 spiro atoms. The maximum atomic E-state index is 9.94. The van der Waals surface area contributed by atoms with Crippen LogP contribution in [0.5, 0.6) is 0 Å². The summed E-state index contributed by atoms with van der Waals surface area (Å²) in [6.07, 6.45) is -0.543. The van der Waals surface area contributed by atoms with E-state index in [0.29, 0.717) is 0 Å². The van der Waals surface area contributed by atoms with Crippen LogP contribution in [-0.4, -0.2) is 22.2 Å². The van der Waals surface area contributed by atoms with Crippen molar-refractivity contribution in [2.75, 3.05) is 0 Å². The molecule has 0 aromatic heterocycles. The van der Waals surface area contributed by atoms with Crippen molar-refractivity contribution in [3.05, 3.63) is 12.2 Å². The van der Waals surface area contributed by atoms with Crippen molar-refractivity contribution in [2.45, 2.75) is 12.8 Å². The van der Waals surface area contributed by atoms with Crippen LogP contribution in [-0.2, 0) is 9.59 Å². The Balaban J connectivity index is 3.65. The normalized spacial score (nSPS) is 8.80. The SMILES string of the molecule is C=C(CC(=O)O)CC(=O)O. The Morgan fingerprint density at radius 2 is 1.40 bits per heavy atom. The second-order valence-corrected chi connectivity index (χ2v) is 1.89. The Bertz CT molecular complexity index is 153. The minimum absolute atomic E-state index is 0.208. The molecule has 0 amide bonds. The lowest BCUT2D eigenvalue weighted by atomic mass is 10.1. The molecular formula is C6H8O4. The predicted octanol–water partition coefficient (Wildman–Crippen LogP) is 0.492. The van der Waals surface area contributed by atoms with Gasteiger partial charge in [-0.05, 0) is 0 Å². The van der Waals surface area contributed by atoms with E-state index in [0.717, 1.165) is 0 Å². The number of carboxylic acids is 2. The van der Waals surface area contributed by atoms with Gasteiger partial charge in [-0.2, -0.15) is 0 Å². The van der Waals surface area contributed by atoms with Gasteiger partial charge in [-0.1, -0.05) is 12.2 Å². The molecule has 10 heavy (non-hydrogen) atoms. The number of hydrogen-bond acceptors (Lipinski definition) is 2. The Kier molecular flexibility index (Phi) is 3.17. The van der Waals surface area contributed by atoms with Gasteiger partial charge in [0.1, 0.15) is 0 Å². The Morgan fingerprint density at radius 1 is 1.10 bits per heavy atom. The van der Waals surface area contributed by atoms with Crippen LogP contribution in [0.3, 0.4) is 0 Å². The van der Waals surface area contributed by atoms with Gasteiger partial charge in [-0.15, -0.1) is 0 Å². The third-order valence-corrected chi connectivity index (χ3v) is 0.802. The van der Waals surface area contributed by atoms with Gasteiger partial charge in [0.05, 0.1) is 12.8 Å². The van der Waals surface area contributed by atoms with Gasteiger partial charge in [-0.3, -0.25) is 9.59 Å². The first kappa shape index (κ1) is 8.68. The van der Waals surface area contributed by atoms with E-state index in [1.54, 1.807) is 0 Å². The van der Waals surface area contributed by atoms with Gasteiger partial charge in [0, 0.05) is 0 Å². The molecule has 0 aliphatic carbocycles. The summed E-state index contributed by atoms with van der Waals surface area (Å²) < 4.78 is 0. The van der Waals surface area contributed by atoms with Crippen LogP contribution in [0.1, 0.15) is 12.8 Å². The van der Waals surface area contributed by atoms with E-state index in [2.05, 4.69) is 6.58 Å². The van der Waals surface area contributed by atoms with E-state index in [4.69, 9.17) is 10.2 Å². The Hall–Kier alpha value is -1.32. The van der Waals surface area contributed by atoms with Crippen molar-refractivity contribution in [2.24, 2.45) is 0 Å². The minimum Gasteiger partial charge on any atom is -0.481 e. The van der Waals surface area contributed by atoms with Gasteiger partial charge in [-0.25, -0.2) is 0 Å². The van der Waals surface area contributed by atoms with Crippen LogP contribution in [0.25, 0.3) is 0 Å². The van der Waals surface area contributed by atoms with Crippen molar-refractivity contribution in [1.82, 2.24) is 0 Å². The lowest BCUT2D eigenvalue weighted by Crippen LogP contribution is -2.01. The molecule has 4 nitrogen and oxygen atoms in total. The molecule has 0 fully saturated rings.